The Morgan fingerprint density at radius 3 is 2.55 bits per heavy atom. The molecule has 0 fully saturated rings. The van der Waals surface area contributed by atoms with Crippen molar-refractivity contribution in [3.63, 3.8) is 0 Å². The maximum Gasteiger partial charge on any atom is 0.256 e. The largest absolute Gasteiger partial charge is 0.493 e. The number of carbonyl (C=O) groups is 1. The molecule has 0 aliphatic carbocycles. The first-order valence-electron chi connectivity index (χ1n) is 9.23. The smallest absolute Gasteiger partial charge is 0.256 e. The van der Waals surface area contributed by atoms with Crippen molar-refractivity contribution in [1.29, 1.82) is 0 Å². The zero-order valence-corrected chi connectivity index (χ0v) is 17.7. The fraction of sp³-hybridized carbons (Fsp3) is 0.125. The Bertz CT molecular complexity index is 1100. The minimum Gasteiger partial charge on any atom is -0.493 e. The van der Waals surface area contributed by atoms with E-state index in [2.05, 4.69) is 40.3 Å². The lowest BCUT2D eigenvalue weighted by Gasteiger charge is -2.13. The molecule has 0 bridgehead atoms. The summed E-state index contributed by atoms with van der Waals surface area (Å²) in [5.41, 5.74) is 5.47. The van der Waals surface area contributed by atoms with Crippen molar-refractivity contribution in [3.8, 4) is 11.5 Å². The highest BCUT2D eigenvalue weighted by Crippen LogP contribution is 2.38. The second-order valence-electron chi connectivity index (χ2n) is 6.86. The van der Waals surface area contributed by atoms with Crippen LogP contribution >= 0.6 is 15.9 Å². The van der Waals surface area contributed by atoms with Gasteiger partial charge in [-0.1, -0.05) is 64.0 Å². The van der Waals surface area contributed by atoms with Crippen LogP contribution in [0.3, 0.4) is 0 Å². The Hall–Kier alpha value is -3.05. The number of aryl methyl sites for hydroxylation is 1. The van der Waals surface area contributed by atoms with Gasteiger partial charge in [0.05, 0.1) is 7.11 Å². The molecule has 4 rings (SSSR count). The second-order valence-corrected chi connectivity index (χ2v) is 7.71. The summed E-state index contributed by atoms with van der Waals surface area (Å²) in [6.07, 6.45) is 1.86. The molecular formula is C24H20BrNO3. The zero-order valence-electron chi connectivity index (χ0n) is 16.2. The van der Waals surface area contributed by atoms with Crippen LogP contribution < -0.4 is 14.8 Å². The third-order valence-corrected chi connectivity index (χ3v) is 5.49. The summed E-state index contributed by atoms with van der Waals surface area (Å²) in [5, 5.41) is 2.89. The van der Waals surface area contributed by atoms with Crippen LogP contribution in [0.25, 0.3) is 11.6 Å². The maximum atomic E-state index is 12.4. The number of ether oxygens (including phenoxy) is 2. The number of nitrogens with one attached hydrogen (secondary N) is 1. The number of fused-ring (bicyclic) bond motifs is 1. The number of benzene rings is 3. The van der Waals surface area contributed by atoms with Gasteiger partial charge in [-0.3, -0.25) is 4.79 Å². The summed E-state index contributed by atoms with van der Waals surface area (Å²) >= 11 is 3.60. The molecule has 1 aliphatic rings. The fourth-order valence-electron chi connectivity index (χ4n) is 3.22. The molecule has 0 saturated heterocycles. The van der Waals surface area contributed by atoms with Crippen LogP contribution in [0, 0.1) is 6.92 Å². The van der Waals surface area contributed by atoms with E-state index in [0.29, 0.717) is 23.7 Å². The van der Waals surface area contributed by atoms with E-state index >= 15 is 0 Å². The quantitative estimate of drug-likeness (QED) is 0.497. The third kappa shape index (κ3) is 4.05. The molecular weight excluding hydrogens is 430 g/mol. The number of halogens is 1. The van der Waals surface area contributed by atoms with E-state index in [0.717, 1.165) is 26.9 Å². The predicted molar refractivity (Wildman–Crippen MR) is 119 cm³/mol. The van der Waals surface area contributed by atoms with Gasteiger partial charge in [0.1, 0.15) is 6.61 Å². The molecule has 3 aromatic carbocycles. The molecule has 0 spiro atoms. The number of rotatable bonds is 5. The van der Waals surface area contributed by atoms with Crippen LogP contribution in [0.1, 0.15) is 22.3 Å². The first-order chi connectivity index (χ1) is 14.0. The molecule has 0 saturated carbocycles. The summed E-state index contributed by atoms with van der Waals surface area (Å²) in [6.45, 7) is 2.50. The number of hydrogen-bond acceptors (Lipinski definition) is 3. The molecule has 5 heteroatoms. The minimum absolute atomic E-state index is 0.114. The number of amides is 1. The number of methoxy groups -OCH3 is 1. The van der Waals surface area contributed by atoms with Crippen molar-refractivity contribution in [2.45, 2.75) is 13.5 Å². The lowest BCUT2D eigenvalue weighted by atomic mass is 10.0. The monoisotopic (exact) mass is 449 g/mol. The topological polar surface area (TPSA) is 47.6 Å². The number of para-hydroxylation sites is 1. The van der Waals surface area contributed by atoms with Gasteiger partial charge in [-0.25, -0.2) is 0 Å². The molecule has 146 valence electrons. The summed E-state index contributed by atoms with van der Waals surface area (Å²) in [4.78, 5) is 12.4. The lowest BCUT2D eigenvalue weighted by molar-refractivity contribution is -0.110. The highest BCUT2D eigenvalue weighted by Gasteiger charge is 2.24. The fourth-order valence-corrected chi connectivity index (χ4v) is 3.65. The van der Waals surface area contributed by atoms with Crippen molar-refractivity contribution >= 4 is 39.2 Å². The molecule has 0 radical (unpaired) electrons. The van der Waals surface area contributed by atoms with E-state index in [1.54, 1.807) is 7.11 Å². The molecule has 0 aromatic heterocycles. The van der Waals surface area contributed by atoms with Crippen molar-refractivity contribution in [3.05, 3.63) is 87.4 Å². The second kappa shape index (κ2) is 8.13. The molecule has 1 heterocycles. The molecule has 0 unspecified atom stereocenters. The van der Waals surface area contributed by atoms with Crippen LogP contribution in [-0.4, -0.2) is 13.0 Å². The Labute approximate surface area is 178 Å². The minimum atomic E-state index is -0.114. The van der Waals surface area contributed by atoms with Gasteiger partial charge in [0, 0.05) is 21.3 Å². The normalized spacial score (nSPS) is 13.9. The zero-order chi connectivity index (χ0) is 20.4. The van der Waals surface area contributed by atoms with Crippen molar-refractivity contribution in [1.82, 2.24) is 0 Å². The molecule has 4 nitrogen and oxygen atoms in total. The van der Waals surface area contributed by atoms with Crippen molar-refractivity contribution in [2.24, 2.45) is 0 Å². The van der Waals surface area contributed by atoms with E-state index in [4.69, 9.17) is 9.47 Å². The van der Waals surface area contributed by atoms with Crippen molar-refractivity contribution < 1.29 is 14.3 Å². The number of carbonyl (C=O) groups excluding carboxylic acids is 1. The van der Waals surface area contributed by atoms with Crippen LogP contribution in [-0.2, 0) is 11.4 Å². The van der Waals surface area contributed by atoms with E-state index in [9.17, 15) is 4.79 Å². The van der Waals surface area contributed by atoms with Gasteiger partial charge in [0.15, 0.2) is 11.5 Å². The standard InChI is InChI=1S/C24H20BrNO3/c1-15-7-9-16(10-8-15)14-29-23-13-20(25)17(12-22(23)28-2)11-19-18-5-3-4-6-21(18)26-24(19)27/h3-13H,14H2,1-2H3,(H,26,27)/b19-11-. The van der Waals surface area contributed by atoms with E-state index in [1.807, 2.05) is 54.6 Å². The Morgan fingerprint density at radius 2 is 1.79 bits per heavy atom. The Balaban J connectivity index is 1.63. The van der Waals surface area contributed by atoms with Crippen LogP contribution in [0.4, 0.5) is 5.69 Å². The van der Waals surface area contributed by atoms with Gasteiger partial charge in [-0.15, -0.1) is 0 Å². The molecule has 29 heavy (non-hydrogen) atoms. The summed E-state index contributed by atoms with van der Waals surface area (Å²) in [6, 6.07) is 19.6. The molecule has 1 N–H and O–H groups in total. The van der Waals surface area contributed by atoms with Crippen LogP contribution in [0.5, 0.6) is 11.5 Å². The first-order valence-corrected chi connectivity index (χ1v) is 10.0. The van der Waals surface area contributed by atoms with Gasteiger partial charge in [-0.2, -0.15) is 0 Å². The molecule has 3 aromatic rings. The average molecular weight is 450 g/mol. The first kappa shape index (κ1) is 19.3. The summed E-state index contributed by atoms with van der Waals surface area (Å²) in [5.74, 6) is 1.13. The highest BCUT2D eigenvalue weighted by molar-refractivity contribution is 9.10. The summed E-state index contributed by atoms with van der Waals surface area (Å²) < 4.78 is 12.3. The van der Waals surface area contributed by atoms with Gasteiger partial charge < -0.3 is 14.8 Å². The third-order valence-electron chi connectivity index (χ3n) is 4.81. The number of anilines is 1. The average Bonchev–Trinajstić information content (AvgIpc) is 3.04. The van der Waals surface area contributed by atoms with E-state index in [-0.39, 0.29) is 5.91 Å². The maximum absolute atomic E-state index is 12.4. The van der Waals surface area contributed by atoms with Gasteiger partial charge in [0.2, 0.25) is 0 Å². The SMILES string of the molecule is COc1cc(/C=C2\C(=O)Nc3ccccc32)c(Br)cc1OCc1ccc(C)cc1. The number of hydrogen-bond donors (Lipinski definition) is 1. The van der Waals surface area contributed by atoms with E-state index in [1.165, 1.54) is 5.56 Å². The van der Waals surface area contributed by atoms with Crippen LogP contribution in [0.15, 0.2) is 65.1 Å². The van der Waals surface area contributed by atoms with Crippen molar-refractivity contribution in [2.75, 3.05) is 12.4 Å². The van der Waals surface area contributed by atoms with Crippen LogP contribution in [0.2, 0.25) is 0 Å². The predicted octanol–water partition coefficient (Wildman–Crippen LogP) is 5.84. The lowest BCUT2D eigenvalue weighted by Crippen LogP contribution is -2.03. The Morgan fingerprint density at radius 1 is 1.03 bits per heavy atom. The molecule has 1 amide bonds. The summed E-state index contributed by atoms with van der Waals surface area (Å²) in [7, 11) is 1.61. The van der Waals surface area contributed by atoms with Gasteiger partial charge >= 0.3 is 0 Å². The van der Waals surface area contributed by atoms with Gasteiger partial charge in [0.25, 0.3) is 5.91 Å². The van der Waals surface area contributed by atoms with Gasteiger partial charge in [-0.05, 0) is 42.3 Å². The highest BCUT2D eigenvalue weighted by atomic mass is 79.9. The molecule has 1 aliphatic heterocycles. The Kier molecular flexibility index (Phi) is 5.41. The molecule has 0 atom stereocenters. The van der Waals surface area contributed by atoms with E-state index < -0.39 is 0 Å².